The number of sulfonamides is 1. The highest BCUT2D eigenvalue weighted by Gasteiger charge is 2.45. The second-order valence-corrected chi connectivity index (χ2v) is 9.54. The Morgan fingerprint density at radius 3 is 2.36 bits per heavy atom. The molecule has 0 bridgehead atoms. The molecule has 0 amide bonds. The molecule has 3 rings (SSSR count). The molecule has 3 aliphatic heterocycles. The molecule has 128 valence electrons. The molecule has 0 N–H and O–H groups in total. The van der Waals surface area contributed by atoms with Crippen molar-refractivity contribution < 1.29 is 13.2 Å². The molecule has 0 aliphatic carbocycles. The number of nitrogens with zero attached hydrogens (tertiary/aromatic N) is 3. The van der Waals surface area contributed by atoms with Gasteiger partial charge in [-0.3, -0.25) is 9.80 Å². The molecule has 1 atom stereocenters. The Bertz CT molecular complexity index is 502. The summed E-state index contributed by atoms with van der Waals surface area (Å²) in [6.45, 7) is 10.4. The van der Waals surface area contributed by atoms with Gasteiger partial charge in [-0.05, 0) is 26.7 Å². The van der Waals surface area contributed by atoms with Gasteiger partial charge in [0.1, 0.15) is 0 Å². The Kier molecular flexibility index (Phi) is 4.55. The van der Waals surface area contributed by atoms with Crippen LogP contribution in [0.15, 0.2) is 0 Å². The van der Waals surface area contributed by atoms with Crippen molar-refractivity contribution in [2.75, 3.05) is 52.2 Å². The molecule has 3 aliphatic rings. The number of fused-ring (bicyclic) bond motifs is 1. The van der Waals surface area contributed by atoms with Crippen LogP contribution in [0.25, 0.3) is 0 Å². The maximum Gasteiger partial charge on any atom is 0.211 e. The third-order valence-corrected chi connectivity index (χ3v) is 6.66. The van der Waals surface area contributed by atoms with Gasteiger partial charge in [-0.25, -0.2) is 8.42 Å². The van der Waals surface area contributed by atoms with E-state index in [9.17, 15) is 8.42 Å². The number of piperazine rings is 2. The summed E-state index contributed by atoms with van der Waals surface area (Å²) >= 11 is 0. The first-order valence-corrected chi connectivity index (χ1v) is 10.2. The molecule has 3 heterocycles. The summed E-state index contributed by atoms with van der Waals surface area (Å²) in [6, 6.07) is 0.905. The van der Waals surface area contributed by atoms with E-state index in [2.05, 4.69) is 23.6 Å². The van der Waals surface area contributed by atoms with Crippen LogP contribution >= 0.6 is 0 Å². The minimum Gasteiger partial charge on any atom is -0.381 e. The van der Waals surface area contributed by atoms with Gasteiger partial charge in [0, 0.05) is 63.6 Å². The van der Waals surface area contributed by atoms with Gasteiger partial charge in [-0.1, -0.05) is 0 Å². The van der Waals surface area contributed by atoms with Crippen molar-refractivity contribution in [2.45, 2.75) is 44.3 Å². The lowest BCUT2D eigenvalue weighted by molar-refractivity contribution is -0.0654. The van der Waals surface area contributed by atoms with Crippen LogP contribution in [0.4, 0.5) is 0 Å². The second-order valence-electron chi connectivity index (χ2n) is 7.55. The predicted molar refractivity (Wildman–Crippen MR) is 86.4 cm³/mol. The van der Waals surface area contributed by atoms with Crippen molar-refractivity contribution in [3.63, 3.8) is 0 Å². The summed E-state index contributed by atoms with van der Waals surface area (Å²) in [4.78, 5) is 5.08. The van der Waals surface area contributed by atoms with Crippen molar-refractivity contribution in [2.24, 2.45) is 0 Å². The molecule has 0 aromatic heterocycles. The minimum atomic E-state index is -3.12. The molecule has 3 saturated heterocycles. The van der Waals surface area contributed by atoms with Crippen LogP contribution in [-0.4, -0.2) is 92.3 Å². The highest BCUT2D eigenvalue weighted by molar-refractivity contribution is 7.88. The van der Waals surface area contributed by atoms with Crippen LogP contribution in [-0.2, 0) is 14.8 Å². The van der Waals surface area contributed by atoms with Crippen LogP contribution in [0.3, 0.4) is 0 Å². The van der Waals surface area contributed by atoms with Gasteiger partial charge < -0.3 is 4.74 Å². The molecule has 0 saturated carbocycles. The maximum atomic E-state index is 12.0. The fourth-order valence-corrected chi connectivity index (χ4v) is 5.28. The molecule has 0 aromatic rings. The van der Waals surface area contributed by atoms with Gasteiger partial charge in [0.25, 0.3) is 0 Å². The third kappa shape index (κ3) is 3.33. The monoisotopic (exact) mass is 331 g/mol. The summed E-state index contributed by atoms with van der Waals surface area (Å²) in [5, 5.41) is 0. The second kappa shape index (κ2) is 6.02. The van der Waals surface area contributed by atoms with E-state index in [1.54, 1.807) is 4.31 Å². The molecule has 0 unspecified atom stereocenters. The van der Waals surface area contributed by atoms with E-state index in [0.717, 1.165) is 45.7 Å². The summed E-state index contributed by atoms with van der Waals surface area (Å²) in [6.07, 6.45) is 3.54. The molecule has 0 spiro atoms. The third-order valence-electron chi connectivity index (χ3n) is 5.45. The average Bonchev–Trinajstić information content (AvgIpc) is 2.46. The molecule has 0 aromatic carbocycles. The topological polar surface area (TPSA) is 53.1 Å². The van der Waals surface area contributed by atoms with Crippen LogP contribution in [0.1, 0.15) is 26.7 Å². The molecule has 0 radical (unpaired) electrons. The highest BCUT2D eigenvalue weighted by atomic mass is 32.2. The summed E-state index contributed by atoms with van der Waals surface area (Å²) in [7, 11) is -3.12. The molecule has 3 fully saturated rings. The molecule has 7 heteroatoms. The number of hydrogen-bond acceptors (Lipinski definition) is 5. The Hall–Kier alpha value is -0.210. The first-order valence-electron chi connectivity index (χ1n) is 8.31. The Balaban J connectivity index is 1.73. The number of ether oxygens (including phenoxy) is 1. The van der Waals surface area contributed by atoms with Crippen molar-refractivity contribution in [1.82, 2.24) is 14.1 Å². The molecular formula is C15H29N3O3S. The fourth-order valence-electron chi connectivity index (χ4n) is 4.29. The average molecular weight is 331 g/mol. The van der Waals surface area contributed by atoms with E-state index in [4.69, 9.17) is 4.74 Å². The lowest BCUT2D eigenvalue weighted by Gasteiger charge is -2.56. The van der Waals surface area contributed by atoms with Crippen LogP contribution < -0.4 is 0 Å². The van der Waals surface area contributed by atoms with Crippen molar-refractivity contribution in [3.05, 3.63) is 0 Å². The SMILES string of the molecule is CC1(C)CN(S(C)(=O)=O)C[C@@H]2CN(C3CCOCC3)CCN21. The van der Waals surface area contributed by atoms with Gasteiger partial charge in [0.15, 0.2) is 0 Å². The molecule has 22 heavy (non-hydrogen) atoms. The lowest BCUT2D eigenvalue weighted by atomic mass is 9.93. The summed E-state index contributed by atoms with van der Waals surface area (Å²) in [5.74, 6) is 0. The van der Waals surface area contributed by atoms with E-state index in [0.29, 0.717) is 25.2 Å². The minimum absolute atomic E-state index is 0.0895. The zero-order valence-electron chi connectivity index (χ0n) is 14.0. The van der Waals surface area contributed by atoms with Gasteiger partial charge >= 0.3 is 0 Å². The van der Waals surface area contributed by atoms with E-state index >= 15 is 0 Å². The zero-order chi connectivity index (χ0) is 16.0. The largest absolute Gasteiger partial charge is 0.381 e. The molecule has 6 nitrogen and oxygen atoms in total. The van der Waals surface area contributed by atoms with Crippen molar-refractivity contribution in [3.8, 4) is 0 Å². The van der Waals surface area contributed by atoms with Crippen LogP contribution in [0.5, 0.6) is 0 Å². The van der Waals surface area contributed by atoms with E-state index in [1.807, 2.05) is 0 Å². The summed E-state index contributed by atoms with van der Waals surface area (Å²) in [5.41, 5.74) is -0.0895. The first kappa shape index (κ1) is 16.6. The van der Waals surface area contributed by atoms with Crippen molar-refractivity contribution in [1.29, 1.82) is 0 Å². The number of hydrogen-bond donors (Lipinski definition) is 0. The van der Waals surface area contributed by atoms with Crippen LogP contribution in [0, 0.1) is 0 Å². The van der Waals surface area contributed by atoms with Gasteiger partial charge in [0.05, 0.1) is 6.26 Å². The zero-order valence-corrected chi connectivity index (χ0v) is 14.8. The molecular weight excluding hydrogens is 302 g/mol. The van der Waals surface area contributed by atoms with Crippen molar-refractivity contribution >= 4 is 10.0 Å². The van der Waals surface area contributed by atoms with Gasteiger partial charge in [-0.2, -0.15) is 4.31 Å². The first-order chi connectivity index (χ1) is 10.3. The Morgan fingerprint density at radius 2 is 1.73 bits per heavy atom. The Labute approximate surface area is 134 Å². The smallest absolute Gasteiger partial charge is 0.211 e. The summed E-state index contributed by atoms with van der Waals surface area (Å²) < 4.78 is 31.2. The predicted octanol–water partition coefficient (Wildman–Crippen LogP) is 0.205. The quantitative estimate of drug-likeness (QED) is 0.724. The fraction of sp³-hybridized carbons (Fsp3) is 1.00. The highest BCUT2D eigenvalue weighted by Crippen LogP contribution is 2.30. The Morgan fingerprint density at radius 1 is 1.05 bits per heavy atom. The lowest BCUT2D eigenvalue weighted by Crippen LogP contribution is -2.71. The van der Waals surface area contributed by atoms with E-state index in [-0.39, 0.29) is 5.54 Å². The van der Waals surface area contributed by atoms with Crippen LogP contribution in [0.2, 0.25) is 0 Å². The standard InChI is InChI=1S/C15H29N3O3S/c1-15(2)12-17(22(3,19)20)11-14-10-16(6-7-18(14)15)13-4-8-21-9-5-13/h13-14H,4-12H2,1-3H3/t14-/m0/s1. The normalized spacial score (nSPS) is 32.8. The van der Waals surface area contributed by atoms with E-state index < -0.39 is 10.0 Å². The van der Waals surface area contributed by atoms with Gasteiger partial charge in [0.2, 0.25) is 10.0 Å². The number of rotatable bonds is 2. The van der Waals surface area contributed by atoms with Gasteiger partial charge in [-0.15, -0.1) is 0 Å². The van der Waals surface area contributed by atoms with E-state index in [1.165, 1.54) is 6.26 Å². The maximum absolute atomic E-state index is 12.0.